The maximum absolute atomic E-state index is 13.2. The van der Waals surface area contributed by atoms with Crippen LogP contribution in [0.1, 0.15) is 69.3 Å². The Bertz CT molecular complexity index is 897. The number of hydrogen-bond donors (Lipinski definition) is 4. The number of carbonyl (C=O) groups excluding carboxylic acids is 3. The van der Waals surface area contributed by atoms with Crippen LogP contribution < -0.4 is 21.3 Å². The summed E-state index contributed by atoms with van der Waals surface area (Å²) in [4.78, 5) is 39.4. The van der Waals surface area contributed by atoms with Crippen molar-refractivity contribution in [2.75, 3.05) is 18.9 Å². The highest BCUT2D eigenvalue weighted by Gasteiger charge is 2.32. The van der Waals surface area contributed by atoms with Crippen LogP contribution in [0, 0.1) is 0 Å². The minimum atomic E-state index is -4.67. The van der Waals surface area contributed by atoms with Crippen LogP contribution in [-0.4, -0.2) is 60.5 Å². The highest BCUT2D eigenvalue weighted by atomic mass is 19.4. The molecule has 4 N–H and O–H groups in total. The van der Waals surface area contributed by atoms with Gasteiger partial charge in [0.2, 0.25) is 5.91 Å². The average Bonchev–Trinajstić information content (AvgIpc) is 2.76. The van der Waals surface area contributed by atoms with Gasteiger partial charge in [0.1, 0.15) is 0 Å². The smallest absolute Gasteiger partial charge is 0.352 e. The van der Waals surface area contributed by atoms with Gasteiger partial charge in [-0.1, -0.05) is 0 Å². The van der Waals surface area contributed by atoms with Crippen molar-refractivity contribution in [1.82, 2.24) is 20.9 Å². The Labute approximate surface area is 204 Å². The van der Waals surface area contributed by atoms with Crippen LogP contribution in [0.2, 0.25) is 0 Å². The largest absolute Gasteiger partial charge is 0.416 e. The third-order valence-corrected chi connectivity index (χ3v) is 6.12. The van der Waals surface area contributed by atoms with Crippen LogP contribution >= 0.6 is 0 Å². The average molecular weight is 500 g/mol. The lowest BCUT2D eigenvalue weighted by atomic mass is 9.90. The van der Waals surface area contributed by atoms with E-state index in [1.165, 1.54) is 0 Å². The summed E-state index contributed by atoms with van der Waals surface area (Å²) in [5.74, 6) is -1.31. The number of amides is 4. The molecule has 35 heavy (non-hydrogen) atoms. The number of nitrogens with one attached hydrogen (secondary N) is 4. The van der Waals surface area contributed by atoms with Crippen LogP contribution in [0.15, 0.2) is 18.2 Å². The molecule has 0 heterocycles. The first-order valence-corrected chi connectivity index (χ1v) is 11.9. The molecule has 0 aromatic heterocycles. The zero-order valence-electron chi connectivity index (χ0n) is 20.9. The Morgan fingerprint density at radius 2 is 1.69 bits per heavy atom. The van der Waals surface area contributed by atoms with E-state index in [-0.39, 0.29) is 23.3 Å². The zero-order chi connectivity index (χ0) is 26.3. The second-order valence-electron chi connectivity index (χ2n) is 9.53. The van der Waals surface area contributed by atoms with E-state index in [0.717, 1.165) is 37.8 Å². The van der Waals surface area contributed by atoms with Gasteiger partial charge < -0.3 is 26.2 Å². The van der Waals surface area contributed by atoms with Gasteiger partial charge in [-0.3, -0.25) is 9.59 Å². The standard InChI is InChI=1S/C24H36F3N5O3/c1-14(2)29-23(35)31-20-11-6-16(24(25,26)27)12-19(20)22(34)28-13-21(33)30-17-7-9-18(10-8-17)32(5)15(3)4/h6,11-12,14-15,17-18H,7-10,13H2,1-5H3,(H,28,34)(H,30,33)(H2,29,31,35)/t17-,18-. The molecular weight excluding hydrogens is 463 g/mol. The Morgan fingerprint density at radius 1 is 1.06 bits per heavy atom. The van der Waals surface area contributed by atoms with Gasteiger partial charge in [-0.05, 0) is 78.6 Å². The van der Waals surface area contributed by atoms with Crippen molar-refractivity contribution in [3.63, 3.8) is 0 Å². The Hall–Kier alpha value is -2.82. The van der Waals surface area contributed by atoms with E-state index in [4.69, 9.17) is 0 Å². The molecule has 1 aromatic rings. The van der Waals surface area contributed by atoms with Crippen molar-refractivity contribution in [3.8, 4) is 0 Å². The van der Waals surface area contributed by atoms with E-state index in [0.29, 0.717) is 18.2 Å². The molecule has 11 heteroatoms. The first-order chi connectivity index (χ1) is 16.3. The number of alkyl halides is 3. The lowest BCUT2D eigenvalue weighted by Crippen LogP contribution is -2.47. The van der Waals surface area contributed by atoms with Crippen molar-refractivity contribution < 1.29 is 27.6 Å². The number of anilines is 1. The number of carbonyl (C=O) groups is 3. The van der Waals surface area contributed by atoms with Crippen molar-refractivity contribution in [2.45, 2.75) is 83.7 Å². The predicted molar refractivity (Wildman–Crippen MR) is 128 cm³/mol. The Kier molecular flexibility index (Phi) is 9.93. The molecule has 1 aliphatic rings. The van der Waals surface area contributed by atoms with Gasteiger partial charge >= 0.3 is 12.2 Å². The molecule has 1 fully saturated rings. The first kappa shape index (κ1) is 28.4. The maximum atomic E-state index is 13.2. The molecule has 4 amide bonds. The van der Waals surface area contributed by atoms with Crippen LogP contribution in [0.3, 0.4) is 0 Å². The molecule has 196 valence electrons. The van der Waals surface area contributed by atoms with Gasteiger partial charge in [-0.15, -0.1) is 0 Å². The summed E-state index contributed by atoms with van der Waals surface area (Å²) in [5, 5.41) is 10.2. The van der Waals surface area contributed by atoms with Gasteiger partial charge in [0.25, 0.3) is 5.91 Å². The normalized spacial score (nSPS) is 18.5. The molecule has 1 aromatic carbocycles. The van der Waals surface area contributed by atoms with Crippen molar-refractivity contribution >= 4 is 23.5 Å². The Morgan fingerprint density at radius 3 is 2.23 bits per heavy atom. The Balaban J connectivity index is 1.99. The number of hydrogen-bond acceptors (Lipinski definition) is 4. The van der Waals surface area contributed by atoms with Crippen LogP contribution in [0.25, 0.3) is 0 Å². The number of halogens is 3. The van der Waals surface area contributed by atoms with Crippen molar-refractivity contribution in [3.05, 3.63) is 29.3 Å². The number of nitrogens with zero attached hydrogens (tertiary/aromatic N) is 1. The fourth-order valence-corrected chi connectivity index (χ4v) is 4.02. The summed E-state index contributed by atoms with van der Waals surface area (Å²) < 4.78 is 39.6. The van der Waals surface area contributed by atoms with Gasteiger partial charge in [0.15, 0.2) is 0 Å². The second-order valence-corrected chi connectivity index (χ2v) is 9.53. The van der Waals surface area contributed by atoms with E-state index in [2.05, 4.69) is 47.1 Å². The van der Waals surface area contributed by atoms with Crippen LogP contribution in [0.4, 0.5) is 23.7 Å². The summed E-state index contributed by atoms with van der Waals surface area (Å²) in [6.07, 6.45) is -1.15. The molecule has 0 bridgehead atoms. The highest BCUT2D eigenvalue weighted by Crippen LogP contribution is 2.32. The minimum Gasteiger partial charge on any atom is -0.352 e. The van der Waals surface area contributed by atoms with Gasteiger partial charge in [-0.25, -0.2) is 4.79 Å². The van der Waals surface area contributed by atoms with Gasteiger partial charge in [0.05, 0.1) is 23.4 Å². The number of benzene rings is 1. The van der Waals surface area contributed by atoms with E-state index in [1.807, 2.05) is 0 Å². The zero-order valence-corrected chi connectivity index (χ0v) is 20.9. The predicted octanol–water partition coefficient (Wildman–Crippen LogP) is 3.73. The number of rotatable bonds is 8. The number of urea groups is 1. The minimum absolute atomic E-state index is 0.0123. The molecular formula is C24H36F3N5O3. The van der Waals surface area contributed by atoms with E-state index < -0.39 is 36.1 Å². The molecule has 1 aliphatic carbocycles. The van der Waals surface area contributed by atoms with E-state index in [9.17, 15) is 27.6 Å². The third kappa shape index (κ3) is 8.72. The highest BCUT2D eigenvalue weighted by molar-refractivity contribution is 6.04. The summed E-state index contributed by atoms with van der Waals surface area (Å²) in [6.45, 7) is 7.32. The lowest BCUT2D eigenvalue weighted by molar-refractivity contribution is -0.137. The SMILES string of the molecule is CC(C)NC(=O)Nc1ccc(C(F)(F)F)cc1C(=O)NCC(=O)N[C@H]1CC[C@H](N(C)C(C)C)CC1. The molecule has 8 nitrogen and oxygen atoms in total. The molecule has 0 radical (unpaired) electrons. The fourth-order valence-electron chi connectivity index (χ4n) is 4.02. The summed E-state index contributed by atoms with van der Waals surface area (Å²) >= 11 is 0. The first-order valence-electron chi connectivity index (χ1n) is 11.9. The fraction of sp³-hybridized carbons (Fsp3) is 0.625. The molecule has 0 unspecified atom stereocenters. The molecule has 0 spiro atoms. The topological polar surface area (TPSA) is 103 Å². The van der Waals surface area contributed by atoms with Crippen molar-refractivity contribution in [2.24, 2.45) is 0 Å². The van der Waals surface area contributed by atoms with Crippen LogP contribution in [0.5, 0.6) is 0 Å². The molecule has 0 atom stereocenters. The van der Waals surface area contributed by atoms with Crippen LogP contribution in [-0.2, 0) is 11.0 Å². The van der Waals surface area contributed by atoms with Crippen molar-refractivity contribution in [1.29, 1.82) is 0 Å². The maximum Gasteiger partial charge on any atom is 0.416 e. The third-order valence-electron chi connectivity index (χ3n) is 6.12. The molecule has 0 aliphatic heterocycles. The quantitative estimate of drug-likeness (QED) is 0.438. The summed E-state index contributed by atoms with van der Waals surface area (Å²) in [5.41, 5.74) is -1.52. The summed E-state index contributed by atoms with van der Waals surface area (Å²) in [6, 6.07) is 2.46. The second kappa shape index (κ2) is 12.2. The van der Waals surface area contributed by atoms with E-state index >= 15 is 0 Å². The lowest BCUT2D eigenvalue weighted by Gasteiger charge is -2.37. The molecule has 1 saturated carbocycles. The van der Waals surface area contributed by atoms with Gasteiger partial charge in [-0.2, -0.15) is 13.2 Å². The molecule has 0 saturated heterocycles. The van der Waals surface area contributed by atoms with Gasteiger partial charge in [0, 0.05) is 24.2 Å². The van der Waals surface area contributed by atoms with E-state index in [1.54, 1.807) is 13.8 Å². The molecule has 2 rings (SSSR count). The monoisotopic (exact) mass is 499 g/mol. The summed E-state index contributed by atoms with van der Waals surface area (Å²) in [7, 11) is 2.09.